The van der Waals surface area contributed by atoms with Crippen molar-refractivity contribution in [3.63, 3.8) is 0 Å². The Balaban J connectivity index is 2.52. The second-order valence-corrected chi connectivity index (χ2v) is 4.63. The van der Waals surface area contributed by atoms with Crippen molar-refractivity contribution in [2.45, 2.75) is 19.6 Å². The zero-order chi connectivity index (χ0) is 14.7. The van der Waals surface area contributed by atoms with E-state index in [1.54, 1.807) is 24.3 Å². The van der Waals surface area contributed by atoms with Crippen LogP contribution < -0.4 is 0 Å². The molecular formula is C16H16F2O2. The number of aliphatic hydroxyl groups is 1. The molecule has 0 saturated heterocycles. The van der Waals surface area contributed by atoms with Crippen molar-refractivity contribution < 1.29 is 18.6 Å². The molecule has 2 rings (SSSR count). The number of ether oxygens (including phenoxy) is 1. The van der Waals surface area contributed by atoms with E-state index >= 15 is 0 Å². The first-order chi connectivity index (χ1) is 9.56. The van der Waals surface area contributed by atoms with Gasteiger partial charge in [-0.25, -0.2) is 8.78 Å². The summed E-state index contributed by atoms with van der Waals surface area (Å²) in [7, 11) is 1.52. The molecule has 2 aromatic rings. The maximum Gasteiger partial charge on any atom is 0.135 e. The molecule has 0 radical (unpaired) electrons. The molecule has 0 aliphatic carbocycles. The third-order valence-corrected chi connectivity index (χ3v) is 3.24. The molecule has 106 valence electrons. The lowest BCUT2D eigenvalue weighted by Gasteiger charge is -2.17. The Kier molecular flexibility index (Phi) is 4.47. The lowest BCUT2D eigenvalue weighted by molar-refractivity contribution is 0.174. The molecule has 1 atom stereocenters. The highest BCUT2D eigenvalue weighted by atomic mass is 19.1. The van der Waals surface area contributed by atoms with Crippen molar-refractivity contribution in [3.8, 4) is 0 Å². The van der Waals surface area contributed by atoms with E-state index in [1.807, 2.05) is 0 Å². The van der Waals surface area contributed by atoms with E-state index in [2.05, 4.69) is 0 Å². The molecule has 2 nitrogen and oxygen atoms in total. The van der Waals surface area contributed by atoms with Crippen molar-refractivity contribution in [3.05, 3.63) is 70.3 Å². The van der Waals surface area contributed by atoms with Crippen molar-refractivity contribution in [1.29, 1.82) is 0 Å². The van der Waals surface area contributed by atoms with Crippen molar-refractivity contribution >= 4 is 0 Å². The first kappa shape index (κ1) is 14.6. The smallest absolute Gasteiger partial charge is 0.135 e. The molecule has 0 amide bonds. The SMILES string of the molecule is COCc1ccccc1C(O)c1c(F)ccc(C)c1F. The molecule has 0 aliphatic heterocycles. The monoisotopic (exact) mass is 278 g/mol. The lowest BCUT2D eigenvalue weighted by Crippen LogP contribution is -2.10. The van der Waals surface area contributed by atoms with Gasteiger partial charge in [-0.3, -0.25) is 0 Å². The van der Waals surface area contributed by atoms with Gasteiger partial charge in [-0.15, -0.1) is 0 Å². The van der Waals surface area contributed by atoms with Crippen LogP contribution in [-0.2, 0) is 11.3 Å². The van der Waals surface area contributed by atoms with Crippen LogP contribution in [0.15, 0.2) is 36.4 Å². The maximum atomic E-state index is 14.1. The van der Waals surface area contributed by atoms with Crippen LogP contribution in [0.4, 0.5) is 8.78 Å². The molecule has 0 heterocycles. The van der Waals surface area contributed by atoms with Gasteiger partial charge in [0.25, 0.3) is 0 Å². The summed E-state index contributed by atoms with van der Waals surface area (Å²) in [5.74, 6) is -1.47. The van der Waals surface area contributed by atoms with E-state index in [0.717, 1.165) is 6.07 Å². The Hall–Kier alpha value is -1.78. The number of rotatable bonds is 4. The lowest BCUT2D eigenvalue weighted by atomic mass is 9.95. The predicted octanol–water partition coefficient (Wildman–Crippen LogP) is 3.50. The molecule has 0 aliphatic rings. The quantitative estimate of drug-likeness (QED) is 0.927. The minimum Gasteiger partial charge on any atom is -0.383 e. The first-order valence-corrected chi connectivity index (χ1v) is 6.25. The van der Waals surface area contributed by atoms with Crippen LogP contribution in [0.3, 0.4) is 0 Å². The van der Waals surface area contributed by atoms with E-state index in [-0.39, 0.29) is 12.2 Å². The largest absolute Gasteiger partial charge is 0.383 e. The molecule has 1 N–H and O–H groups in total. The first-order valence-electron chi connectivity index (χ1n) is 6.25. The summed E-state index contributed by atoms with van der Waals surface area (Å²) in [6.07, 6.45) is -1.36. The third-order valence-electron chi connectivity index (χ3n) is 3.24. The summed E-state index contributed by atoms with van der Waals surface area (Å²) < 4.78 is 33.0. The van der Waals surface area contributed by atoms with Crippen LogP contribution in [0.1, 0.15) is 28.4 Å². The van der Waals surface area contributed by atoms with Crippen molar-refractivity contribution in [2.75, 3.05) is 7.11 Å². The molecule has 1 unspecified atom stereocenters. The summed E-state index contributed by atoms with van der Waals surface area (Å²) in [4.78, 5) is 0. The second-order valence-electron chi connectivity index (χ2n) is 4.63. The molecule has 0 fully saturated rings. The Morgan fingerprint density at radius 1 is 1.15 bits per heavy atom. The summed E-state index contributed by atoms with van der Waals surface area (Å²) in [5, 5.41) is 10.3. The number of aliphatic hydroxyl groups excluding tert-OH is 1. The van der Waals surface area contributed by atoms with Crippen LogP contribution in [0, 0.1) is 18.6 Å². The van der Waals surface area contributed by atoms with Gasteiger partial charge in [0, 0.05) is 7.11 Å². The van der Waals surface area contributed by atoms with Gasteiger partial charge in [-0.1, -0.05) is 30.3 Å². The van der Waals surface area contributed by atoms with Gasteiger partial charge in [0.15, 0.2) is 0 Å². The van der Waals surface area contributed by atoms with Gasteiger partial charge in [-0.2, -0.15) is 0 Å². The van der Waals surface area contributed by atoms with Crippen molar-refractivity contribution in [2.24, 2.45) is 0 Å². The standard InChI is InChI=1S/C16H16F2O2/c1-10-7-8-13(17)14(15(10)18)16(19)12-6-4-3-5-11(12)9-20-2/h3-8,16,19H,9H2,1-2H3. The normalized spacial score (nSPS) is 12.4. The van der Waals surface area contributed by atoms with E-state index in [4.69, 9.17) is 4.74 Å². The summed E-state index contributed by atoms with van der Waals surface area (Å²) >= 11 is 0. The van der Waals surface area contributed by atoms with Crippen molar-refractivity contribution in [1.82, 2.24) is 0 Å². The van der Waals surface area contributed by atoms with Gasteiger partial charge >= 0.3 is 0 Å². The predicted molar refractivity (Wildman–Crippen MR) is 72.3 cm³/mol. The average Bonchev–Trinajstić information content (AvgIpc) is 2.44. The Bertz CT molecular complexity index is 611. The molecule has 2 aromatic carbocycles. The number of halogens is 2. The maximum absolute atomic E-state index is 14.1. The summed E-state index contributed by atoms with van der Waals surface area (Å²) in [5.41, 5.74) is 1.11. The zero-order valence-corrected chi connectivity index (χ0v) is 11.4. The number of hydrogen-bond acceptors (Lipinski definition) is 2. The molecule has 0 bridgehead atoms. The van der Waals surface area contributed by atoms with Gasteiger partial charge in [0.1, 0.15) is 17.7 Å². The average molecular weight is 278 g/mol. The zero-order valence-electron chi connectivity index (χ0n) is 11.4. The van der Waals surface area contributed by atoms with Gasteiger partial charge in [-0.05, 0) is 29.7 Å². The number of benzene rings is 2. The van der Waals surface area contributed by atoms with Crippen LogP contribution >= 0.6 is 0 Å². The number of aryl methyl sites for hydroxylation is 1. The summed E-state index contributed by atoms with van der Waals surface area (Å²) in [6, 6.07) is 9.41. The fourth-order valence-electron chi connectivity index (χ4n) is 2.17. The highest BCUT2D eigenvalue weighted by molar-refractivity contribution is 5.38. The molecule has 0 spiro atoms. The highest BCUT2D eigenvalue weighted by Crippen LogP contribution is 2.30. The van der Waals surface area contributed by atoms with E-state index in [1.165, 1.54) is 20.1 Å². The van der Waals surface area contributed by atoms with Crippen LogP contribution in [0.5, 0.6) is 0 Å². The van der Waals surface area contributed by atoms with Crippen LogP contribution in [0.2, 0.25) is 0 Å². The molecule has 0 aromatic heterocycles. The van der Waals surface area contributed by atoms with E-state index in [0.29, 0.717) is 16.7 Å². The molecule has 4 heteroatoms. The summed E-state index contributed by atoms with van der Waals surface area (Å²) in [6.45, 7) is 1.80. The topological polar surface area (TPSA) is 29.5 Å². The number of hydrogen-bond donors (Lipinski definition) is 1. The van der Waals surface area contributed by atoms with Gasteiger partial charge in [0.2, 0.25) is 0 Å². The third kappa shape index (κ3) is 2.71. The van der Waals surface area contributed by atoms with E-state index < -0.39 is 17.7 Å². The minimum absolute atomic E-state index is 0.266. The number of methoxy groups -OCH3 is 1. The van der Waals surface area contributed by atoms with E-state index in [9.17, 15) is 13.9 Å². The molecular weight excluding hydrogens is 262 g/mol. The van der Waals surface area contributed by atoms with Gasteiger partial charge in [0.05, 0.1) is 12.2 Å². The Labute approximate surface area is 116 Å². The second kappa shape index (κ2) is 6.11. The van der Waals surface area contributed by atoms with Crippen LogP contribution in [0.25, 0.3) is 0 Å². The highest BCUT2D eigenvalue weighted by Gasteiger charge is 2.22. The Morgan fingerprint density at radius 2 is 1.85 bits per heavy atom. The fourth-order valence-corrected chi connectivity index (χ4v) is 2.17. The fraction of sp³-hybridized carbons (Fsp3) is 0.250. The van der Waals surface area contributed by atoms with Crippen LogP contribution in [-0.4, -0.2) is 12.2 Å². The molecule has 0 saturated carbocycles. The Morgan fingerprint density at radius 3 is 2.55 bits per heavy atom. The molecule has 20 heavy (non-hydrogen) atoms. The minimum atomic E-state index is -1.36. The van der Waals surface area contributed by atoms with Gasteiger partial charge < -0.3 is 9.84 Å².